The monoisotopic (exact) mass is 319 g/mol. The van der Waals surface area contributed by atoms with Gasteiger partial charge in [0.25, 0.3) is 0 Å². The van der Waals surface area contributed by atoms with Gasteiger partial charge in [-0.2, -0.15) is 0 Å². The molecule has 0 aromatic rings. The van der Waals surface area contributed by atoms with Crippen molar-refractivity contribution in [3.8, 4) is 0 Å². The van der Waals surface area contributed by atoms with Crippen LogP contribution in [0.4, 0.5) is 0 Å². The van der Waals surface area contributed by atoms with Crippen molar-refractivity contribution < 1.29 is 27.9 Å². The van der Waals surface area contributed by atoms with Gasteiger partial charge in [-0.1, -0.05) is 12.8 Å². The standard InChI is InChI=1S/C13H21NO6S/c15-12(9-21(18,19)11-3-1-2-4-11)14-5-6-20-8-10(14)7-13(16)17/h10-11H,1-9H2,(H,16,17). The highest BCUT2D eigenvalue weighted by atomic mass is 32.2. The van der Waals surface area contributed by atoms with Crippen LogP contribution in [0.5, 0.6) is 0 Å². The van der Waals surface area contributed by atoms with Crippen LogP contribution >= 0.6 is 0 Å². The molecule has 21 heavy (non-hydrogen) atoms. The van der Waals surface area contributed by atoms with Crippen LogP contribution in [0.1, 0.15) is 32.1 Å². The van der Waals surface area contributed by atoms with Crippen molar-refractivity contribution in [2.75, 3.05) is 25.5 Å². The Kier molecular flexibility index (Phi) is 5.21. The highest BCUT2D eigenvalue weighted by Crippen LogP contribution is 2.25. The van der Waals surface area contributed by atoms with Gasteiger partial charge in [-0.3, -0.25) is 9.59 Å². The van der Waals surface area contributed by atoms with Crippen molar-refractivity contribution in [1.82, 2.24) is 4.90 Å². The fourth-order valence-corrected chi connectivity index (χ4v) is 4.77. The van der Waals surface area contributed by atoms with E-state index in [0.29, 0.717) is 19.4 Å². The smallest absolute Gasteiger partial charge is 0.305 e. The van der Waals surface area contributed by atoms with Crippen molar-refractivity contribution in [1.29, 1.82) is 0 Å². The third-order valence-corrected chi connectivity index (χ3v) is 6.23. The van der Waals surface area contributed by atoms with Crippen molar-refractivity contribution in [3.63, 3.8) is 0 Å². The van der Waals surface area contributed by atoms with Crippen LogP contribution in [-0.4, -0.2) is 67.1 Å². The number of morpholine rings is 1. The maximum Gasteiger partial charge on any atom is 0.305 e. The van der Waals surface area contributed by atoms with Gasteiger partial charge >= 0.3 is 5.97 Å². The van der Waals surface area contributed by atoms with E-state index in [1.807, 2.05) is 0 Å². The first-order chi connectivity index (χ1) is 9.90. The van der Waals surface area contributed by atoms with Crippen molar-refractivity contribution in [3.05, 3.63) is 0 Å². The zero-order chi connectivity index (χ0) is 15.5. The van der Waals surface area contributed by atoms with E-state index in [2.05, 4.69) is 0 Å². The van der Waals surface area contributed by atoms with Crippen molar-refractivity contribution >= 4 is 21.7 Å². The van der Waals surface area contributed by atoms with E-state index < -0.39 is 38.8 Å². The molecule has 1 saturated heterocycles. The lowest BCUT2D eigenvalue weighted by atomic mass is 10.1. The van der Waals surface area contributed by atoms with Crippen LogP contribution in [0.3, 0.4) is 0 Å². The van der Waals surface area contributed by atoms with Crippen LogP contribution in [0.25, 0.3) is 0 Å². The molecule has 2 rings (SSSR count). The molecule has 0 radical (unpaired) electrons. The number of rotatable bonds is 5. The summed E-state index contributed by atoms with van der Waals surface area (Å²) in [6.45, 7) is 0.698. The van der Waals surface area contributed by atoms with E-state index in [1.165, 1.54) is 4.90 Å². The Morgan fingerprint density at radius 3 is 2.52 bits per heavy atom. The maximum absolute atomic E-state index is 12.3. The van der Waals surface area contributed by atoms with Gasteiger partial charge in [0.15, 0.2) is 9.84 Å². The summed E-state index contributed by atoms with van der Waals surface area (Å²) in [6, 6.07) is -0.581. The Hall–Kier alpha value is -1.15. The largest absolute Gasteiger partial charge is 0.481 e. The number of carbonyl (C=O) groups is 2. The fourth-order valence-electron chi connectivity index (χ4n) is 2.97. The number of carbonyl (C=O) groups excluding carboxylic acids is 1. The molecule has 1 atom stereocenters. The normalized spacial score (nSPS) is 24.2. The quantitative estimate of drug-likeness (QED) is 0.768. The minimum atomic E-state index is -3.44. The molecule has 1 aliphatic carbocycles. The summed E-state index contributed by atoms with van der Waals surface area (Å²) >= 11 is 0. The molecule has 0 spiro atoms. The minimum absolute atomic E-state index is 0.140. The molecule has 120 valence electrons. The average Bonchev–Trinajstić information content (AvgIpc) is 2.92. The second-order valence-electron chi connectivity index (χ2n) is 5.63. The third kappa shape index (κ3) is 4.16. The zero-order valence-electron chi connectivity index (χ0n) is 11.9. The van der Waals surface area contributed by atoms with E-state index in [0.717, 1.165) is 12.8 Å². The second-order valence-corrected chi connectivity index (χ2v) is 7.91. The van der Waals surface area contributed by atoms with Crippen molar-refractivity contribution in [2.45, 2.75) is 43.4 Å². The molecule has 1 amide bonds. The zero-order valence-corrected chi connectivity index (χ0v) is 12.7. The number of aliphatic carboxylic acids is 1. The van der Waals surface area contributed by atoms with Crippen LogP contribution in [0.15, 0.2) is 0 Å². The Morgan fingerprint density at radius 1 is 1.24 bits per heavy atom. The van der Waals surface area contributed by atoms with Gasteiger partial charge in [0, 0.05) is 6.54 Å². The topological polar surface area (TPSA) is 101 Å². The predicted octanol–water partition coefficient (Wildman–Crippen LogP) is 0.0459. The van der Waals surface area contributed by atoms with Gasteiger partial charge in [-0.15, -0.1) is 0 Å². The van der Waals surface area contributed by atoms with E-state index >= 15 is 0 Å². The summed E-state index contributed by atoms with van der Waals surface area (Å²) in [5.41, 5.74) is 0. The van der Waals surface area contributed by atoms with Crippen LogP contribution < -0.4 is 0 Å². The molecule has 1 heterocycles. The van der Waals surface area contributed by atoms with E-state index in [-0.39, 0.29) is 19.6 Å². The number of sulfone groups is 1. The number of nitrogens with zero attached hydrogens (tertiary/aromatic N) is 1. The minimum Gasteiger partial charge on any atom is -0.481 e. The lowest BCUT2D eigenvalue weighted by molar-refractivity contribution is -0.144. The second kappa shape index (κ2) is 6.74. The van der Waals surface area contributed by atoms with Crippen LogP contribution in [-0.2, 0) is 24.2 Å². The Morgan fingerprint density at radius 2 is 1.90 bits per heavy atom. The maximum atomic E-state index is 12.3. The molecule has 7 nitrogen and oxygen atoms in total. The summed E-state index contributed by atoms with van der Waals surface area (Å²) in [7, 11) is -3.44. The van der Waals surface area contributed by atoms with Crippen molar-refractivity contribution in [2.24, 2.45) is 0 Å². The van der Waals surface area contributed by atoms with E-state index in [9.17, 15) is 18.0 Å². The Balaban J connectivity index is 2.01. The van der Waals surface area contributed by atoms with Gasteiger partial charge in [0.1, 0.15) is 5.75 Å². The number of hydrogen-bond acceptors (Lipinski definition) is 5. The summed E-state index contributed by atoms with van der Waals surface area (Å²) in [5, 5.41) is 8.44. The first kappa shape index (κ1) is 16.2. The van der Waals surface area contributed by atoms with Crippen LogP contribution in [0, 0.1) is 0 Å². The molecule has 2 aliphatic rings. The highest BCUT2D eigenvalue weighted by molar-refractivity contribution is 7.92. The Bertz CT molecular complexity index is 497. The van der Waals surface area contributed by atoms with E-state index in [4.69, 9.17) is 9.84 Å². The lowest BCUT2D eigenvalue weighted by Gasteiger charge is -2.35. The number of ether oxygens (including phenoxy) is 1. The molecular formula is C13H21NO6S. The predicted molar refractivity (Wildman–Crippen MR) is 74.6 cm³/mol. The number of carboxylic acid groups (broad SMARTS) is 1. The van der Waals surface area contributed by atoms with Gasteiger partial charge in [0.2, 0.25) is 5.91 Å². The van der Waals surface area contributed by atoms with Gasteiger partial charge < -0.3 is 14.7 Å². The first-order valence-electron chi connectivity index (χ1n) is 7.21. The Labute approximate surface area is 124 Å². The molecule has 1 N–H and O–H groups in total. The molecule has 0 aromatic heterocycles. The number of amides is 1. The van der Waals surface area contributed by atoms with Crippen LogP contribution in [0.2, 0.25) is 0 Å². The SMILES string of the molecule is O=C(O)CC1COCCN1C(=O)CS(=O)(=O)C1CCCC1. The summed E-state index contributed by atoms with van der Waals surface area (Å²) in [5.74, 6) is -2.05. The van der Waals surface area contributed by atoms with Gasteiger partial charge in [-0.05, 0) is 12.8 Å². The summed E-state index contributed by atoms with van der Waals surface area (Å²) in [4.78, 5) is 24.4. The molecule has 0 aromatic carbocycles. The molecular weight excluding hydrogens is 298 g/mol. The molecule has 1 saturated carbocycles. The van der Waals surface area contributed by atoms with Gasteiger partial charge in [-0.25, -0.2) is 8.42 Å². The lowest BCUT2D eigenvalue weighted by Crippen LogP contribution is -2.51. The average molecular weight is 319 g/mol. The fraction of sp³-hybridized carbons (Fsp3) is 0.846. The number of carboxylic acids is 1. The number of hydrogen-bond donors (Lipinski definition) is 1. The molecule has 1 aliphatic heterocycles. The van der Waals surface area contributed by atoms with E-state index in [1.54, 1.807) is 0 Å². The highest BCUT2D eigenvalue weighted by Gasteiger charge is 2.35. The summed E-state index contributed by atoms with van der Waals surface area (Å²) < 4.78 is 29.6. The van der Waals surface area contributed by atoms with Gasteiger partial charge in [0.05, 0.1) is 30.9 Å². The molecule has 8 heteroatoms. The first-order valence-corrected chi connectivity index (χ1v) is 8.92. The molecule has 2 fully saturated rings. The third-order valence-electron chi connectivity index (χ3n) is 4.09. The molecule has 0 bridgehead atoms. The molecule has 1 unspecified atom stereocenters. The summed E-state index contributed by atoms with van der Waals surface area (Å²) in [6.07, 6.45) is 2.79.